The standard InChI is InChI=1S/C33H33ClFN5O6.C14H14ClFN2O3/c1-33(28-7-6-20(34)14-36-28)45-27-5-3-4-23(31(27)46-33)39-10-9-38(25-17-43-18-26(25)39)16-29-37-30-22(35)12-19(32(41)42-2)13-24(30)40(29)15-21-8-11-44-21;1-20-14(19)8-4-10(16)13-11(5-8)18(12(6-15)17-13)7-9-2-3-21-9/h3-7,12-14,21,25-26H,8-11,15-18H2,1-2H3;4-5,9H,2-3,6-7H2,1H3/t21-,25+,26-,33?;9-/m00/s1. The van der Waals surface area contributed by atoms with E-state index in [2.05, 4.69) is 24.5 Å². The Morgan fingerprint density at radius 3 is 2.00 bits per heavy atom. The van der Waals surface area contributed by atoms with Gasteiger partial charge in [0, 0.05) is 39.4 Å². The number of aromatic nitrogens is 5. The first kappa shape index (κ1) is 45.2. The van der Waals surface area contributed by atoms with E-state index in [0.29, 0.717) is 97.4 Å². The molecule has 0 N–H and O–H groups in total. The molecule has 3 aromatic heterocycles. The number of ether oxygens (including phenoxy) is 7. The van der Waals surface area contributed by atoms with Gasteiger partial charge >= 0.3 is 11.9 Å². The summed E-state index contributed by atoms with van der Waals surface area (Å²) >= 11 is 12.0. The number of fused-ring (bicyclic) bond motifs is 4. The zero-order valence-corrected chi connectivity index (χ0v) is 38.4. The lowest BCUT2D eigenvalue weighted by Gasteiger charge is -2.44. The van der Waals surface area contributed by atoms with E-state index in [1.54, 1.807) is 30.5 Å². The van der Waals surface area contributed by atoms with Crippen LogP contribution in [0.25, 0.3) is 22.1 Å². The smallest absolute Gasteiger partial charge is 0.338 e. The summed E-state index contributed by atoms with van der Waals surface area (Å²) in [5.41, 5.74) is 3.38. The number of rotatable bonds is 11. The van der Waals surface area contributed by atoms with Crippen molar-refractivity contribution in [2.75, 3.05) is 58.6 Å². The topological polar surface area (TPSA) is 154 Å². The van der Waals surface area contributed by atoms with Gasteiger partial charge in [-0.05, 0) is 61.4 Å². The van der Waals surface area contributed by atoms with Crippen molar-refractivity contribution in [3.05, 3.63) is 106 Å². The summed E-state index contributed by atoms with van der Waals surface area (Å²) < 4.78 is 72.8. The Morgan fingerprint density at radius 2 is 1.43 bits per heavy atom. The molecule has 4 fully saturated rings. The molecule has 1 unspecified atom stereocenters. The predicted octanol–water partition coefficient (Wildman–Crippen LogP) is 7.02. The largest absolute Gasteiger partial charge is 0.465 e. The number of pyridine rings is 1. The molecule has 5 aliphatic rings. The van der Waals surface area contributed by atoms with Crippen LogP contribution in [0.3, 0.4) is 0 Å². The Bertz CT molecular complexity index is 2860. The van der Waals surface area contributed by atoms with E-state index in [0.717, 1.165) is 31.2 Å². The van der Waals surface area contributed by atoms with Crippen molar-refractivity contribution in [1.82, 2.24) is 29.0 Å². The number of methoxy groups -OCH3 is 2. The third-order valence-electron chi connectivity index (χ3n) is 13.0. The maximum Gasteiger partial charge on any atom is 0.338 e. The Kier molecular flexibility index (Phi) is 12.4. The minimum Gasteiger partial charge on any atom is -0.465 e. The lowest BCUT2D eigenvalue weighted by molar-refractivity contribution is -0.0716. The van der Waals surface area contributed by atoms with Crippen LogP contribution < -0.4 is 14.4 Å². The van der Waals surface area contributed by atoms with Gasteiger partial charge in [0.05, 0.1) is 110 Å². The first-order chi connectivity index (χ1) is 32.4. The number of imidazole rings is 2. The number of alkyl halides is 1. The molecule has 67 heavy (non-hydrogen) atoms. The Balaban J connectivity index is 0.000000209. The van der Waals surface area contributed by atoms with Gasteiger partial charge in [-0.15, -0.1) is 11.6 Å². The molecular weight excluding hydrogens is 915 g/mol. The van der Waals surface area contributed by atoms with Gasteiger partial charge in [0.2, 0.25) is 0 Å². The number of piperazine rings is 1. The molecule has 8 heterocycles. The van der Waals surface area contributed by atoms with Crippen LogP contribution in [-0.4, -0.2) is 119 Å². The Hall–Kier alpha value is -5.63. The number of halogens is 4. The highest BCUT2D eigenvalue weighted by atomic mass is 35.5. The van der Waals surface area contributed by atoms with Gasteiger partial charge in [0.15, 0.2) is 23.1 Å². The molecule has 0 saturated carbocycles. The maximum atomic E-state index is 15.3. The van der Waals surface area contributed by atoms with Crippen LogP contribution in [0.15, 0.2) is 60.8 Å². The fraction of sp³-hybridized carbons (Fsp3) is 0.426. The monoisotopic (exact) mass is 961 g/mol. The van der Waals surface area contributed by atoms with Gasteiger partial charge in [0.1, 0.15) is 28.4 Å². The molecule has 0 radical (unpaired) electrons. The fourth-order valence-electron chi connectivity index (χ4n) is 9.34. The minimum absolute atomic E-state index is 0.0107. The molecule has 0 aliphatic carbocycles. The van der Waals surface area contributed by atoms with Crippen molar-refractivity contribution < 1.29 is 51.5 Å². The number of para-hydroxylation sites is 1. The number of esters is 2. The molecule has 5 aliphatic heterocycles. The second kappa shape index (κ2) is 18.5. The average molecular weight is 963 g/mol. The molecule has 352 valence electrons. The summed E-state index contributed by atoms with van der Waals surface area (Å²) in [6, 6.07) is 15.1. The summed E-state index contributed by atoms with van der Waals surface area (Å²) in [5.74, 6) is -0.642. The molecule has 0 bridgehead atoms. The number of hydrogen-bond acceptors (Lipinski definition) is 14. The number of nitrogens with zero attached hydrogens (tertiary/aromatic N) is 7. The molecular formula is C47H47Cl2F2N7O9. The van der Waals surface area contributed by atoms with Crippen molar-refractivity contribution in [2.45, 2.75) is 75.4 Å². The quantitative estimate of drug-likeness (QED) is 0.0965. The lowest BCUT2D eigenvalue weighted by Crippen LogP contribution is -2.59. The van der Waals surface area contributed by atoms with E-state index in [9.17, 15) is 14.0 Å². The van der Waals surface area contributed by atoms with E-state index >= 15 is 4.39 Å². The summed E-state index contributed by atoms with van der Waals surface area (Å²) in [4.78, 5) is 42.0. The molecule has 3 aromatic carbocycles. The summed E-state index contributed by atoms with van der Waals surface area (Å²) in [5, 5.41) is 0.539. The highest BCUT2D eigenvalue weighted by Crippen LogP contribution is 2.50. The maximum absolute atomic E-state index is 15.3. The SMILES string of the molecule is COC(=O)c1cc(F)c2nc(CCl)n(C[C@@H]3CCO3)c2c1.COC(=O)c1cc(F)c2nc(CN3CCN(c4cccc5c4OC(C)(c4ccc(Cl)cn4)O5)[C@H]4COC[C@H]43)n(C[C@@H]3CCO3)c2c1. The number of carbonyl (C=O) groups is 2. The van der Waals surface area contributed by atoms with E-state index in [1.165, 1.54) is 20.3 Å². The zero-order chi connectivity index (χ0) is 46.6. The third kappa shape index (κ3) is 8.52. The first-order valence-corrected chi connectivity index (χ1v) is 22.9. The lowest BCUT2D eigenvalue weighted by atomic mass is 10.0. The summed E-state index contributed by atoms with van der Waals surface area (Å²) in [6.45, 7) is 7.34. The third-order valence-corrected chi connectivity index (χ3v) is 13.5. The number of benzene rings is 3. The van der Waals surface area contributed by atoms with E-state index in [4.69, 9.17) is 56.6 Å². The van der Waals surface area contributed by atoms with E-state index in [-0.39, 0.29) is 52.3 Å². The van der Waals surface area contributed by atoms with Crippen molar-refractivity contribution in [2.24, 2.45) is 0 Å². The molecule has 4 saturated heterocycles. The van der Waals surface area contributed by atoms with Crippen molar-refractivity contribution in [3.63, 3.8) is 0 Å². The van der Waals surface area contributed by atoms with E-state index in [1.807, 2.05) is 34.3 Å². The predicted molar refractivity (Wildman–Crippen MR) is 241 cm³/mol. The van der Waals surface area contributed by atoms with Crippen LogP contribution >= 0.6 is 23.2 Å². The van der Waals surface area contributed by atoms with Crippen molar-refractivity contribution in [1.29, 1.82) is 0 Å². The van der Waals surface area contributed by atoms with Crippen molar-refractivity contribution >= 4 is 62.9 Å². The molecule has 6 aromatic rings. The second-order valence-electron chi connectivity index (χ2n) is 17.1. The summed E-state index contributed by atoms with van der Waals surface area (Å²) in [7, 11) is 2.54. The minimum atomic E-state index is -1.09. The molecule has 20 heteroatoms. The van der Waals surface area contributed by atoms with Gasteiger partial charge in [-0.2, -0.15) is 0 Å². The summed E-state index contributed by atoms with van der Waals surface area (Å²) in [6.07, 6.45) is 3.53. The molecule has 0 spiro atoms. The van der Waals surface area contributed by atoms with Gasteiger partial charge in [-0.25, -0.2) is 28.3 Å². The van der Waals surface area contributed by atoms with Gasteiger partial charge in [-0.3, -0.25) is 9.88 Å². The van der Waals surface area contributed by atoms with Crippen LogP contribution in [0.5, 0.6) is 11.5 Å². The van der Waals surface area contributed by atoms with Crippen molar-refractivity contribution in [3.8, 4) is 11.5 Å². The van der Waals surface area contributed by atoms with Gasteiger partial charge < -0.3 is 47.2 Å². The Morgan fingerprint density at radius 1 is 0.821 bits per heavy atom. The number of hydrogen-bond donors (Lipinski definition) is 0. The van der Waals surface area contributed by atoms with E-state index < -0.39 is 29.4 Å². The average Bonchev–Trinajstić information content (AvgIpc) is 4.10. The number of anilines is 1. The van der Waals surface area contributed by atoms with Gasteiger partial charge in [0.25, 0.3) is 5.79 Å². The van der Waals surface area contributed by atoms with Crippen LogP contribution in [0.4, 0.5) is 14.5 Å². The first-order valence-electron chi connectivity index (χ1n) is 22.0. The molecule has 5 atom stereocenters. The molecule has 0 amide bonds. The second-order valence-corrected chi connectivity index (χ2v) is 17.8. The van der Waals surface area contributed by atoms with Crippen LogP contribution in [0, 0.1) is 11.6 Å². The van der Waals surface area contributed by atoms with Crippen LogP contribution in [-0.2, 0) is 55.0 Å². The normalized spacial score (nSPS) is 23.1. The highest BCUT2D eigenvalue weighted by Gasteiger charge is 2.46. The highest BCUT2D eigenvalue weighted by molar-refractivity contribution is 6.30. The van der Waals surface area contributed by atoms with Crippen LogP contribution in [0.1, 0.15) is 57.8 Å². The van der Waals surface area contributed by atoms with Crippen LogP contribution in [0.2, 0.25) is 5.02 Å². The zero-order valence-electron chi connectivity index (χ0n) is 36.9. The Labute approximate surface area is 393 Å². The molecule has 16 nitrogen and oxygen atoms in total. The number of carbonyl (C=O) groups excluding carboxylic acids is 2. The molecule has 11 rings (SSSR count). The van der Waals surface area contributed by atoms with Gasteiger partial charge in [-0.1, -0.05) is 17.7 Å². The fourth-order valence-corrected chi connectivity index (χ4v) is 9.65.